The molecule has 3 aromatic heterocycles. The van der Waals surface area contributed by atoms with E-state index in [0.717, 1.165) is 6.20 Å². The third kappa shape index (κ3) is 4.99. The Kier molecular flexibility index (Phi) is 6.29. The first-order chi connectivity index (χ1) is 15.2. The number of hydrogen-bond donors (Lipinski definition) is 2. The Morgan fingerprint density at radius 1 is 1.31 bits per heavy atom. The smallest absolute Gasteiger partial charge is 0.381 e. The van der Waals surface area contributed by atoms with Crippen molar-refractivity contribution < 1.29 is 27.1 Å². The van der Waals surface area contributed by atoms with Crippen LogP contribution in [0.4, 0.5) is 17.6 Å². The van der Waals surface area contributed by atoms with E-state index in [1.807, 2.05) is 5.32 Å². The van der Waals surface area contributed by atoms with Crippen LogP contribution in [0.5, 0.6) is 0 Å². The number of nitrogens with one attached hydrogen (secondary N) is 2. The van der Waals surface area contributed by atoms with Gasteiger partial charge < -0.3 is 15.0 Å². The van der Waals surface area contributed by atoms with Crippen molar-refractivity contribution in [2.45, 2.75) is 19.0 Å². The van der Waals surface area contributed by atoms with Crippen molar-refractivity contribution in [3.63, 3.8) is 0 Å². The summed E-state index contributed by atoms with van der Waals surface area (Å²) in [7, 11) is 0. The Morgan fingerprint density at radius 3 is 2.91 bits per heavy atom. The fraction of sp³-hybridized carbons (Fsp3) is 0.400. The SMILES string of the molecule is O=C(NCC(F)(F)F)C1COCCC1Cc1nc(-c2c[nH]c3ncc(Cl)cc23)ncc1F. The minimum Gasteiger partial charge on any atom is -0.381 e. The molecule has 0 aliphatic carbocycles. The predicted octanol–water partition coefficient (Wildman–Crippen LogP) is 3.69. The van der Waals surface area contributed by atoms with Gasteiger partial charge in [-0.15, -0.1) is 0 Å². The predicted molar refractivity (Wildman–Crippen MR) is 107 cm³/mol. The van der Waals surface area contributed by atoms with Gasteiger partial charge in [0.25, 0.3) is 0 Å². The van der Waals surface area contributed by atoms with Gasteiger partial charge in [-0.3, -0.25) is 4.79 Å². The molecule has 1 fully saturated rings. The average molecular weight is 472 g/mol. The van der Waals surface area contributed by atoms with Crippen LogP contribution in [0.15, 0.2) is 24.7 Å². The number of alkyl halides is 3. The van der Waals surface area contributed by atoms with Gasteiger partial charge in [0.2, 0.25) is 5.91 Å². The number of fused-ring (bicyclic) bond motifs is 1. The number of amides is 1. The van der Waals surface area contributed by atoms with Crippen molar-refractivity contribution in [3.8, 4) is 11.4 Å². The molecule has 0 radical (unpaired) electrons. The van der Waals surface area contributed by atoms with Crippen molar-refractivity contribution in [3.05, 3.63) is 41.2 Å². The summed E-state index contributed by atoms with van der Waals surface area (Å²) in [6, 6.07) is 1.68. The zero-order valence-corrected chi connectivity index (χ0v) is 17.3. The molecule has 1 aliphatic heterocycles. The molecular weight excluding hydrogens is 454 g/mol. The lowest BCUT2D eigenvalue weighted by Crippen LogP contribution is -2.44. The minimum atomic E-state index is -4.52. The van der Waals surface area contributed by atoms with Crippen LogP contribution >= 0.6 is 11.6 Å². The number of carbonyl (C=O) groups is 1. The number of nitrogens with zero attached hydrogens (tertiary/aromatic N) is 3. The Morgan fingerprint density at radius 2 is 2.12 bits per heavy atom. The standard InChI is InChI=1S/C20H18ClF4N5O2/c21-11-4-12-13(6-27-17(12)26-5-11)18-28-7-15(22)16(30-18)3-10-1-2-32-8-14(10)19(31)29-9-20(23,24)25/h4-7,10,14H,1-3,8-9H2,(H,26,27)(H,29,31). The topological polar surface area (TPSA) is 92.8 Å². The first kappa shape index (κ1) is 22.4. The Labute approximate surface area is 184 Å². The molecule has 0 aromatic carbocycles. The molecule has 12 heteroatoms. The van der Waals surface area contributed by atoms with Gasteiger partial charge in [0.05, 0.1) is 29.4 Å². The van der Waals surface area contributed by atoms with Crippen LogP contribution in [-0.2, 0) is 16.0 Å². The van der Waals surface area contributed by atoms with Crippen LogP contribution in [0.25, 0.3) is 22.4 Å². The van der Waals surface area contributed by atoms with Crippen LogP contribution in [0.2, 0.25) is 5.02 Å². The van der Waals surface area contributed by atoms with E-state index < -0.39 is 36.3 Å². The molecule has 0 spiro atoms. The highest BCUT2D eigenvalue weighted by atomic mass is 35.5. The molecule has 0 saturated carbocycles. The van der Waals surface area contributed by atoms with Crippen molar-refractivity contribution in [1.82, 2.24) is 25.3 Å². The molecule has 1 amide bonds. The quantitative estimate of drug-likeness (QED) is 0.554. The average Bonchev–Trinajstić information content (AvgIpc) is 3.16. The Hall–Kier alpha value is -2.79. The number of carbonyl (C=O) groups excluding carboxylic acids is 1. The summed E-state index contributed by atoms with van der Waals surface area (Å²) in [5.41, 5.74) is 1.20. The molecule has 2 unspecified atom stereocenters. The summed E-state index contributed by atoms with van der Waals surface area (Å²) < 4.78 is 57.2. The molecule has 1 saturated heterocycles. The van der Waals surface area contributed by atoms with Gasteiger partial charge in [0.1, 0.15) is 12.2 Å². The number of aromatic nitrogens is 4. The summed E-state index contributed by atoms with van der Waals surface area (Å²) >= 11 is 6.02. The lowest BCUT2D eigenvalue weighted by Gasteiger charge is -2.30. The minimum absolute atomic E-state index is 0.0411. The molecule has 32 heavy (non-hydrogen) atoms. The van der Waals surface area contributed by atoms with Crippen molar-refractivity contribution >= 4 is 28.5 Å². The first-order valence-corrected chi connectivity index (χ1v) is 10.2. The maximum atomic E-state index is 14.5. The van der Waals surface area contributed by atoms with Gasteiger partial charge in [0.15, 0.2) is 11.6 Å². The van der Waals surface area contributed by atoms with Crippen molar-refractivity contribution in [2.24, 2.45) is 11.8 Å². The van der Waals surface area contributed by atoms with E-state index in [4.69, 9.17) is 16.3 Å². The van der Waals surface area contributed by atoms with E-state index in [0.29, 0.717) is 34.6 Å². The molecule has 4 rings (SSSR count). The highest BCUT2D eigenvalue weighted by molar-refractivity contribution is 6.31. The van der Waals surface area contributed by atoms with E-state index in [1.54, 1.807) is 12.3 Å². The Bertz CT molecular complexity index is 1140. The molecule has 170 valence electrons. The number of ether oxygens (including phenoxy) is 1. The fourth-order valence-corrected chi connectivity index (χ4v) is 3.88. The summed E-state index contributed by atoms with van der Waals surface area (Å²) in [5.74, 6) is -2.49. The molecular formula is C20H18ClF4N5O2. The van der Waals surface area contributed by atoms with E-state index in [1.165, 1.54) is 6.20 Å². The number of aromatic amines is 1. The van der Waals surface area contributed by atoms with E-state index >= 15 is 0 Å². The van der Waals surface area contributed by atoms with Crippen LogP contribution in [0.3, 0.4) is 0 Å². The molecule has 3 aromatic rings. The summed E-state index contributed by atoms with van der Waals surface area (Å²) in [4.78, 5) is 27.9. The van der Waals surface area contributed by atoms with Gasteiger partial charge in [0, 0.05) is 30.0 Å². The van der Waals surface area contributed by atoms with Crippen LogP contribution in [0.1, 0.15) is 12.1 Å². The molecule has 2 atom stereocenters. The summed E-state index contributed by atoms with van der Waals surface area (Å²) in [5, 5.41) is 2.96. The van der Waals surface area contributed by atoms with E-state index in [-0.39, 0.29) is 24.5 Å². The molecule has 1 aliphatic rings. The number of hydrogen-bond acceptors (Lipinski definition) is 5. The first-order valence-electron chi connectivity index (χ1n) is 9.78. The number of pyridine rings is 1. The lowest BCUT2D eigenvalue weighted by molar-refractivity contribution is -0.145. The summed E-state index contributed by atoms with van der Waals surface area (Å²) in [6.07, 6.45) is 0.0622. The monoisotopic (exact) mass is 471 g/mol. The normalized spacial score (nSPS) is 19.3. The second-order valence-corrected chi connectivity index (χ2v) is 7.94. The second kappa shape index (κ2) is 8.99. The maximum Gasteiger partial charge on any atom is 0.405 e. The number of halogens is 5. The number of H-pyrrole nitrogens is 1. The second-order valence-electron chi connectivity index (χ2n) is 7.51. The van der Waals surface area contributed by atoms with Gasteiger partial charge in [-0.05, 0) is 24.8 Å². The fourth-order valence-electron chi connectivity index (χ4n) is 3.72. The number of rotatable bonds is 5. The molecule has 4 heterocycles. The van der Waals surface area contributed by atoms with Crippen LogP contribution < -0.4 is 5.32 Å². The van der Waals surface area contributed by atoms with Crippen LogP contribution in [-0.4, -0.2) is 51.8 Å². The van der Waals surface area contributed by atoms with Gasteiger partial charge >= 0.3 is 6.18 Å². The highest BCUT2D eigenvalue weighted by Gasteiger charge is 2.35. The maximum absolute atomic E-state index is 14.5. The molecule has 0 bridgehead atoms. The van der Waals surface area contributed by atoms with Crippen molar-refractivity contribution in [2.75, 3.05) is 19.8 Å². The van der Waals surface area contributed by atoms with Gasteiger partial charge in [-0.1, -0.05) is 11.6 Å². The van der Waals surface area contributed by atoms with E-state index in [9.17, 15) is 22.4 Å². The summed E-state index contributed by atoms with van der Waals surface area (Å²) in [6.45, 7) is -1.15. The lowest BCUT2D eigenvalue weighted by atomic mass is 9.84. The third-order valence-corrected chi connectivity index (χ3v) is 5.52. The highest BCUT2D eigenvalue weighted by Crippen LogP contribution is 2.30. The van der Waals surface area contributed by atoms with Gasteiger partial charge in [-0.25, -0.2) is 19.3 Å². The zero-order valence-electron chi connectivity index (χ0n) is 16.5. The molecule has 2 N–H and O–H groups in total. The zero-order chi connectivity index (χ0) is 22.9. The van der Waals surface area contributed by atoms with E-state index in [2.05, 4.69) is 19.9 Å². The third-order valence-electron chi connectivity index (χ3n) is 5.31. The Balaban J connectivity index is 1.58. The largest absolute Gasteiger partial charge is 0.405 e. The van der Waals surface area contributed by atoms with Crippen LogP contribution in [0, 0.1) is 17.7 Å². The van der Waals surface area contributed by atoms with Gasteiger partial charge in [-0.2, -0.15) is 13.2 Å². The van der Waals surface area contributed by atoms with Crippen molar-refractivity contribution in [1.29, 1.82) is 0 Å². The molecule has 7 nitrogen and oxygen atoms in total.